The van der Waals surface area contributed by atoms with Crippen molar-refractivity contribution in [1.29, 1.82) is 0 Å². The Morgan fingerprint density at radius 3 is 2.56 bits per heavy atom. The monoisotopic (exact) mass is 397 g/mol. The fourth-order valence-electron chi connectivity index (χ4n) is 2.38. The summed E-state index contributed by atoms with van der Waals surface area (Å²) in [7, 11) is 0. The highest BCUT2D eigenvalue weighted by atomic mass is 32.2. The highest BCUT2D eigenvalue weighted by Crippen LogP contribution is 2.17. The number of thiazole rings is 1. The largest absolute Gasteiger partial charge is 0.325 e. The van der Waals surface area contributed by atoms with Crippen molar-refractivity contribution in [2.45, 2.75) is 12.7 Å². The van der Waals surface area contributed by atoms with Crippen molar-refractivity contribution >= 4 is 45.7 Å². The highest BCUT2D eigenvalue weighted by molar-refractivity contribution is 7.99. The van der Waals surface area contributed by atoms with E-state index < -0.39 is 0 Å². The van der Waals surface area contributed by atoms with Gasteiger partial charge in [0.1, 0.15) is 0 Å². The van der Waals surface area contributed by atoms with E-state index in [4.69, 9.17) is 0 Å². The van der Waals surface area contributed by atoms with Gasteiger partial charge in [-0.25, -0.2) is 4.98 Å². The van der Waals surface area contributed by atoms with Gasteiger partial charge in [-0.1, -0.05) is 24.3 Å². The lowest BCUT2D eigenvalue weighted by Gasteiger charge is -2.08. The number of rotatable bonds is 7. The van der Waals surface area contributed by atoms with E-state index in [-0.39, 0.29) is 11.8 Å². The molecule has 3 rings (SSSR count). The van der Waals surface area contributed by atoms with E-state index in [1.807, 2.05) is 12.1 Å². The first kappa shape index (κ1) is 19.1. The molecule has 0 saturated carbocycles. The summed E-state index contributed by atoms with van der Waals surface area (Å²) in [4.78, 5) is 28.2. The highest BCUT2D eigenvalue weighted by Gasteiger charge is 2.09. The Balaban J connectivity index is 1.47. The minimum Gasteiger partial charge on any atom is -0.325 e. The smallest absolute Gasteiger partial charge is 0.257 e. The minimum absolute atomic E-state index is 0.0615. The average Bonchev–Trinajstić information content (AvgIpc) is 3.17. The van der Waals surface area contributed by atoms with Crippen molar-refractivity contribution in [3.8, 4) is 0 Å². The van der Waals surface area contributed by atoms with Crippen LogP contribution in [0.4, 0.5) is 10.8 Å². The number of aryl methyl sites for hydroxylation is 1. The molecule has 1 heterocycles. The molecule has 0 aliphatic carbocycles. The maximum Gasteiger partial charge on any atom is 0.257 e. The number of nitrogens with one attached hydrogen (secondary N) is 2. The van der Waals surface area contributed by atoms with E-state index in [1.165, 1.54) is 22.5 Å². The molecule has 7 heteroatoms. The SMILES string of the molecule is Cc1ccccc1CSCC(=O)Nc1ccc(C(=O)Nc2nccs2)cc1. The first-order valence-corrected chi connectivity index (χ1v) is 10.4. The molecule has 0 atom stereocenters. The summed E-state index contributed by atoms with van der Waals surface area (Å²) < 4.78 is 0. The molecule has 1 aromatic heterocycles. The van der Waals surface area contributed by atoms with Crippen LogP contribution >= 0.6 is 23.1 Å². The van der Waals surface area contributed by atoms with Gasteiger partial charge >= 0.3 is 0 Å². The molecule has 0 radical (unpaired) electrons. The van der Waals surface area contributed by atoms with Crippen molar-refractivity contribution in [1.82, 2.24) is 4.98 Å². The second kappa shape index (κ2) is 9.34. The molecule has 0 saturated heterocycles. The summed E-state index contributed by atoms with van der Waals surface area (Å²) in [6.07, 6.45) is 1.63. The van der Waals surface area contributed by atoms with Gasteiger partial charge in [0.15, 0.2) is 5.13 Å². The standard InChI is InChI=1S/C20H19N3O2S2/c1-14-4-2-3-5-16(14)12-26-13-18(24)22-17-8-6-15(7-9-17)19(25)23-20-21-10-11-27-20/h2-11H,12-13H2,1H3,(H,22,24)(H,21,23,25). The summed E-state index contributed by atoms with van der Waals surface area (Å²) >= 11 is 2.94. The molecule has 0 aliphatic rings. The number of carbonyl (C=O) groups is 2. The number of benzene rings is 2. The van der Waals surface area contributed by atoms with Gasteiger partial charge in [-0.05, 0) is 42.3 Å². The van der Waals surface area contributed by atoms with Crippen LogP contribution in [0.25, 0.3) is 0 Å². The van der Waals surface area contributed by atoms with E-state index in [0.717, 1.165) is 5.75 Å². The van der Waals surface area contributed by atoms with Gasteiger partial charge in [-0.2, -0.15) is 0 Å². The summed E-state index contributed by atoms with van der Waals surface area (Å²) in [5.74, 6) is 0.890. The van der Waals surface area contributed by atoms with Gasteiger partial charge < -0.3 is 5.32 Å². The van der Waals surface area contributed by atoms with E-state index in [9.17, 15) is 9.59 Å². The molecule has 0 aliphatic heterocycles. The van der Waals surface area contributed by atoms with E-state index in [2.05, 4.69) is 34.7 Å². The zero-order valence-corrected chi connectivity index (χ0v) is 16.4. The Hall–Kier alpha value is -2.64. The summed E-state index contributed by atoms with van der Waals surface area (Å²) in [5, 5.41) is 7.93. The molecule has 0 unspecified atom stereocenters. The van der Waals surface area contributed by atoms with Crippen LogP contribution in [0.15, 0.2) is 60.1 Å². The molecule has 5 nitrogen and oxygen atoms in total. The molecule has 2 aromatic carbocycles. The zero-order chi connectivity index (χ0) is 19.1. The lowest BCUT2D eigenvalue weighted by atomic mass is 10.1. The maximum absolute atomic E-state index is 12.1. The molecular formula is C20H19N3O2S2. The zero-order valence-electron chi connectivity index (χ0n) is 14.8. The maximum atomic E-state index is 12.1. The number of anilines is 2. The van der Waals surface area contributed by atoms with Gasteiger partial charge in [0.05, 0.1) is 5.75 Å². The van der Waals surface area contributed by atoms with Crippen LogP contribution in [-0.2, 0) is 10.5 Å². The van der Waals surface area contributed by atoms with Crippen LogP contribution in [0.5, 0.6) is 0 Å². The van der Waals surface area contributed by atoms with Crippen LogP contribution in [-0.4, -0.2) is 22.6 Å². The number of carbonyl (C=O) groups excluding carboxylic acids is 2. The summed E-state index contributed by atoms with van der Waals surface area (Å²) in [5.41, 5.74) is 3.65. The van der Waals surface area contributed by atoms with Crippen molar-refractivity contribution in [2.24, 2.45) is 0 Å². The molecule has 2 amide bonds. The third-order valence-corrected chi connectivity index (χ3v) is 5.51. The predicted molar refractivity (Wildman–Crippen MR) is 112 cm³/mol. The molecule has 0 bridgehead atoms. The van der Waals surface area contributed by atoms with Gasteiger partial charge in [-0.3, -0.25) is 14.9 Å². The fraction of sp³-hybridized carbons (Fsp3) is 0.150. The van der Waals surface area contributed by atoms with E-state index >= 15 is 0 Å². The Morgan fingerprint density at radius 1 is 1.07 bits per heavy atom. The molecule has 0 fully saturated rings. The Morgan fingerprint density at radius 2 is 1.85 bits per heavy atom. The molecular weight excluding hydrogens is 378 g/mol. The molecule has 27 heavy (non-hydrogen) atoms. The van der Waals surface area contributed by atoms with Gasteiger partial charge in [0.2, 0.25) is 5.91 Å². The van der Waals surface area contributed by atoms with E-state index in [0.29, 0.717) is 22.1 Å². The number of nitrogens with zero attached hydrogens (tertiary/aromatic N) is 1. The summed E-state index contributed by atoms with van der Waals surface area (Å²) in [6.45, 7) is 2.07. The quantitative estimate of drug-likeness (QED) is 0.612. The van der Waals surface area contributed by atoms with Crippen LogP contribution in [0, 0.1) is 6.92 Å². The van der Waals surface area contributed by atoms with Gasteiger partial charge in [0, 0.05) is 28.6 Å². The minimum atomic E-state index is -0.225. The number of hydrogen-bond donors (Lipinski definition) is 2. The fourth-order valence-corrected chi connectivity index (χ4v) is 3.81. The predicted octanol–water partition coefficient (Wildman–Crippen LogP) is 4.58. The second-order valence-corrected chi connectivity index (χ2v) is 7.72. The Bertz CT molecular complexity index is 909. The van der Waals surface area contributed by atoms with Crippen LogP contribution in [0.1, 0.15) is 21.5 Å². The van der Waals surface area contributed by atoms with Crippen LogP contribution in [0.2, 0.25) is 0 Å². The molecule has 138 valence electrons. The Labute approximate surface area is 166 Å². The van der Waals surface area contributed by atoms with Crippen molar-refractivity contribution in [2.75, 3.05) is 16.4 Å². The molecule has 0 spiro atoms. The first-order valence-electron chi connectivity index (χ1n) is 8.35. The number of hydrogen-bond acceptors (Lipinski definition) is 5. The lowest BCUT2D eigenvalue weighted by Crippen LogP contribution is -2.15. The topological polar surface area (TPSA) is 71.1 Å². The average molecular weight is 398 g/mol. The normalized spacial score (nSPS) is 10.4. The van der Waals surface area contributed by atoms with Gasteiger partial charge in [-0.15, -0.1) is 23.1 Å². The number of thioether (sulfide) groups is 1. The number of amides is 2. The third-order valence-electron chi connectivity index (χ3n) is 3.84. The van der Waals surface area contributed by atoms with E-state index in [1.54, 1.807) is 47.6 Å². The molecule has 3 aromatic rings. The van der Waals surface area contributed by atoms with Gasteiger partial charge in [0.25, 0.3) is 5.91 Å². The van der Waals surface area contributed by atoms with Crippen molar-refractivity contribution in [3.05, 3.63) is 76.8 Å². The second-order valence-electron chi connectivity index (χ2n) is 5.84. The first-order chi connectivity index (χ1) is 13.1. The number of aromatic nitrogens is 1. The van der Waals surface area contributed by atoms with Crippen molar-refractivity contribution in [3.63, 3.8) is 0 Å². The van der Waals surface area contributed by atoms with Crippen molar-refractivity contribution < 1.29 is 9.59 Å². The lowest BCUT2D eigenvalue weighted by molar-refractivity contribution is -0.113. The Kier molecular flexibility index (Phi) is 6.62. The van der Waals surface area contributed by atoms with Crippen LogP contribution in [0.3, 0.4) is 0 Å². The summed E-state index contributed by atoms with van der Waals surface area (Å²) in [6, 6.07) is 15.0. The third kappa shape index (κ3) is 5.67. The van der Waals surface area contributed by atoms with Crippen LogP contribution < -0.4 is 10.6 Å². The molecule has 2 N–H and O–H groups in total.